The van der Waals surface area contributed by atoms with Crippen LogP contribution in [0.2, 0.25) is 5.02 Å². The minimum Gasteiger partial charge on any atom is -0.384 e. The topological polar surface area (TPSA) is 20.2 Å². The number of aliphatic hydroxyl groups is 1. The molecule has 0 radical (unpaired) electrons. The summed E-state index contributed by atoms with van der Waals surface area (Å²) in [6, 6.07) is 6.94. The van der Waals surface area contributed by atoms with Gasteiger partial charge >= 0.3 is 0 Å². The molecule has 2 rings (SSSR count). The van der Waals surface area contributed by atoms with E-state index in [1.165, 1.54) is 18.2 Å². The van der Waals surface area contributed by atoms with Gasteiger partial charge in [0.15, 0.2) is 0 Å². The molecule has 0 aromatic heterocycles. The van der Waals surface area contributed by atoms with Crippen LogP contribution in [0.5, 0.6) is 0 Å². The molecular weight excluding hydrogens is 338 g/mol. The molecule has 0 aliphatic rings. The molecule has 0 fully saturated rings. The van der Waals surface area contributed by atoms with E-state index < -0.39 is 17.7 Å². The maximum absolute atomic E-state index is 13.4. The summed E-state index contributed by atoms with van der Waals surface area (Å²) in [7, 11) is 0. The van der Waals surface area contributed by atoms with Crippen LogP contribution in [0.25, 0.3) is 0 Å². The molecule has 0 aliphatic heterocycles. The van der Waals surface area contributed by atoms with Crippen LogP contribution in [0.1, 0.15) is 22.8 Å². The minimum absolute atomic E-state index is 0.103. The van der Waals surface area contributed by atoms with Crippen molar-refractivity contribution in [2.75, 3.05) is 0 Å². The Labute approximate surface area is 123 Å². The summed E-state index contributed by atoms with van der Waals surface area (Å²) in [6.07, 6.45) is -1.13. The highest BCUT2D eigenvalue weighted by atomic mass is 79.9. The number of rotatable bonds is 2. The molecule has 1 N–H and O–H groups in total. The molecular formula is C14H10BrClF2O. The predicted molar refractivity (Wildman–Crippen MR) is 74.3 cm³/mol. The Kier molecular flexibility index (Phi) is 4.23. The molecule has 100 valence electrons. The summed E-state index contributed by atoms with van der Waals surface area (Å²) in [5.41, 5.74) is 1.05. The van der Waals surface area contributed by atoms with E-state index in [9.17, 15) is 13.9 Å². The molecule has 19 heavy (non-hydrogen) atoms. The number of hydrogen-bond acceptors (Lipinski definition) is 1. The van der Waals surface area contributed by atoms with E-state index >= 15 is 0 Å². The highest BCUT2D eigenvalue weighted by molar-refractivity contribution is 9.10. The van der Waals surface area contributed by atoms with Gasteiger partial charge in [0.2, 0.25) is 0 Å². The molecule has 0 saturated carbocycles. The van der Waals surface area contributed by atoms with Gasteiger partial charge in [0.1, 0.15) is 17.7 Å². The number of aliphatic hydroxyl groups excluding tert-OH is 1. The fraction of sp³-hybridized carbons (Fsp3) is 0.143. The van der Waals surface area contributed by atoms with Gasteiger partial charge in [0, 0.05) is 16.1 Å². The Hall–Kier alpha value is -0.970. The first-order chi connectivity index (χ1) is 8.91. The highest BCUT2D eigenvalue weighted by Crippen LogP contribution is 2.34. The molecule has 0 heterocycles. The van der Waals surface area contributed by atoms with E-state index in [0.29, 0.717) is 16.7 Å². The van der Waals surface area contributed by atoms with Crippen LogP contribution in [0.15, 0.2) is 34.8 Å². The van der Waals surface area contributed by atoms with Gasteiger partial charge in [-0.3, -0.25) is 0 Å². The van der Waals surface area contributed by atoms with Gasteiger partial charge < -0.3 is 5.11 Å². The Balaban J connectivity index is 2.53. The van der Waals surface area contributed by atoms with Crippen molar-refractivity contribution in [1.82, 2.24) is 0 Å². The van der Waals surface area contributed by atoms with Crippen molar-refractivity contribution < 1.29 is 13.9 Å². The first-order valence-corrected chi connectivity index (χ1v) is 6.66. The molecule has 1 atom stereocenters. The Bertz CT molecular complexity index is 631. The van der Waals surface area contributed by atoms with Crippen molar-refractivity contribution in [1.29, 1.82) is 0 Å². The normalized spacial score (nSPS) is 12.5. The van der Waals surface area contributed by atoms with E-state index in [2.05, 4.69) is 15.9 Å². The van der Waals surface area contributed by atoms with Gasteiger partial charge in [0.05, 0.1) is 4.47 Å². The summed E-state index contributed by atoms with van der Waals surface area (Å²) in [5, 5.41) is 10.4. The van der Waals surface area contributed by atoms with Crippen LogP contribution < -0.4 is 0 Å². The largest absolute Gasteiger partial charge is 0.384 e. The molecule has 0 saturated heterocycles. The van der Waals surface area contributed by atoms with Gasteiger partial charge in [-0.1, -0.05) is 23.7 Å². The molecule has 2 aromatic rings. The van der Waals surface area contributed by atoms with Crippen molar-refractivity contribution in [2.45, 2.75) is 13.0 Å². The Morgan fingerprint density at radius 1 is 1.16 bits per heavy atom. The van der Waals surface area contributed by atoms with Gasteiger partial charge in [-0.2, -0.15) is 0 Å². The maximum Gasteiger partial charge on any atom is 0.137 e. The van der Waals surface area contributed by atoms with E-state index in [0.717, 1.165) is 6.07 Å². The summed E-state index contributed by atoms with van der Waals surface area (Å²) >= 11 is 9.01. The van der Waals surface area contributed by atoms with E-state index in [4.69, 9.17) is 11.6 Å². The molecule has 1 nitrogen and oxygen atoms in total. The third-order valence-corrected chi connectivity index (χ3v) is 4.01. The number of benzene rings is 2. The first kappa shape index (κ1) is 14.4. The lowest BCUT2D eigenvalue weighted by Gasteiger charge is -2.16. The van der Waals surface area contributed by atoms with E-state index in [1.807, 2.05) is 0 Å². The van der Waals surface area contributed by atoms with Crippen molar-refractivity contribution in [3.8, 4) is 0 Å². The van der Waals surface area contributed by atoms with Crippen molar-refractivity contribution >= 4 is 27.5 Å². The maximum atomic E-state index is 13.4. The summed E-state index contributed by atoms with van der Waals surface area (Å²) in [6.45, 7) is 1.57. The lowest BCUT2D eigenvalue weighted by Crippen LogP contribution is -2.04. The molecule has 5 heteroatoms. The van der Waals surface area contributed by atoms with Gasteiger partial charge in [-0.05, 0) is 46.6 Å². The van der Waals surface area contributed by atoms with Crippen LogP contribution in [0.3, 0.4) is 0 Å². The zero-order chi connectivity index (χ0) is 14.2. The third kappa shape index (κ3) is 2.81. The summed E-state index contributed by atoms with van der Waals surface area (Å²) in [5.74, 6) is -0.925. The second-order valence-electron chi connectivity index (χ2n) is 4.17. The van der Waals surface area contributed by atoms with E-state index in [-0.39, 0.29) is 9.50 Å². The second kappa shape index (κ2) is 5.57. The summed E-state index contributed by atoms with van der Waals surface area (Å²) < 4.78 is 26.9. The van der Waals surface area contributed by atoms with Crippen molar-refractivity contribution in [2.24, 2.45) is 0 Å². The zero-order valence-electron chi connectivity index (χ0n) is 9.92. The molecule has 1 unspecified atom stereocenters. The number of hydrogen-bond donors (Lipinski definition) is 1. The molecule has 0 spiro atoms. The minimum atomic E-state index is -1.13. The van der Waals surface area contributed by atoms with Gasteiger partial charge in [-0.25, -0.2) is 8.78 Å². The number of halogens is 4. The van der Waals surface area contributed by atoms with Crippen LogP contribution in [-0.2, 0) is 0 Å². The highest BCUT2D eigenvalue weighted by Gasteiger charge is 2.19. The van der Waals surface area contributed by atoms with Crippen LogP contribution in [0, 0.1) is 18.6 Å². The standard InChI is InChI=1S/C14H10BrClF2O/c1-7-5-9(10(16)6-12(7)18)14(19)8-3-2-4-11(17)13(8)15/h2-6,14,19H,1H3. The van der Waals surface area contributed by atoms with Crippen molar-refractivity contribution in [3.63, 3.8) is 0 Å². The monoisotopic (exact) mass is 346 g/mol. The third-order valence-electron chi connectivity index (χ3n) is 2.85. The molecule has 2 aromatic carbocycles. The van der Waals surface area contributed by atoms with Crippen LogP contribution in [0.4, 0.5) is 8.78 Å². The second-order valence-corrected chi connectivity index (χ2v) is 5.37. The average Bonchev–Trinajstić information content (AvgIpc) is 2.36. The fourth-order valence-electron chi connectivity index (χ4n) is 1.79. The molecule has 0 amide bonds. The first-order valence-electron chi connectivity index (χ1n) is 5.49. The van der Waals surface area contributed by atoms with Gasteiger partial charge in [0.25, 0.3) is 0 Å². The smallest absolute Gasteiger partial charge is 0.137 e. The fourth-order valence-corrected chi connectivity index (χ4v) is 2.52. The lowest BCUT2D eigenvalue weighted by atomic mass is 9.99. The Morgan fingerprint density at radius 2 is 1.84 bits per heavy atom. The predicted octanol–water partition coefficient (Wildman–Crippen LogP) is 4.77. The van der Waals surface area contributed by atoms with Crippen LogP contribution >= 0.6 is 27.5 Å². The zero-order valence-corrected chi connectivity index (χ0v) is 12.3. The quantitative estimate of drug-likeness (QED) is 0.829. The number of aryl methyl sites for hydroxylation is 1. The SMILES string of the molecule is Cc1cc(C(O)c2cccc(F)c2Br)c(Cl)cc1F. The summed E-state index contributed by atoms with van der Waals surface area (Å²) in [4.78, 5) is 0. The Morgan fingerprint density at radius 3 is 2.53 bits per heavy atom. The molecule has 0 bridgehead atoms. The van der Waals surface area contributed by atoms with E-state index in [1.54, 1.807) is 13.0 Å². The lowest BCUT2D eigenvalue weighted by molar-refractivity contribution is 0.219. The molecule has 0 aliphatic carbocycles. The van der Waals surface area contributed by atoms with Crippen LogP contribution in [-0.4, -0.2) is 5.11 Å². The van der Waals surface area contributed by atoms with Gasteiger partial charge in [-0.15, -0.1) is 0 Å². The average molecular weight is 348 g/mol. The van der Waals surface area contributed by atoms with Crippen molar-refractivity contribution in [3.05, 3.63) is 68.2 Å².